The molecular weight excluding hydrogens is 303 g/mol. The number of methoxy groups -OCH3 is 1. The third kappa shape index (κ3) is 3.20. The Balaban J connectivity index is 1.82. The summed E-state index contributed by atoms with van der Waals surface area (Å²) >= 11 is 2.21. The van der Waals surface area contributed by atoms with Gasteiger partial charge < -0.3 is 0 Å². The van der Waals surface area contributed by atoms with Gasteiger partial charge in [-0.2, -0.15) is 0 Å². The second-order valence-corrected chi connectivity index (χ2v) is 10.2. The van der Waals surface area contributed by atoms with Crippen molar-refractivity contribution < 1.29 is 9.47 Å². The zero-order valence-electron chi connectivity index (χ0n) is 16.7. The van der Waals surface area contributed by atoms with E-state index >= 15 is 0 Å². The summed E-state index contributed by atoms with van der Waals surface area (Å²) in [5.41, 5.74) is 3.46. The van der Waals surface area contributed by atoms with Gasteiger partial charge in [-0.3, -0.25) is 0 Å². The van der Waals surface area contributed by atoms with Crippen molar-refractivity contribution in [3.63, 3.8) is 0 Å². The average molecular weight is 334 g/mol. The summed E-state index contributed by atoms with van der Waals surface area (Å²) in [6, 6.07) is 4.82. The predicted molar refractivity (Wildman–Crippen MR) is 103 cm³/mol. The molecule has 0 unspecified atom stereocenters. The maximum atomic E-state index is 6.15. The summed E-state index contributed by atoms with van der Waals surface area (Å²) < 4.78 is 12.7. The van der Waals surface area contributed by atoms with E-state index in [-0.39, 0.29) is 5.41 Å². The molecule has 3 heteroatoms. The Morgan fingerprint density at radius 3 is 2.08 bits per heavy atom. The predicted octanol–water partition coefficient (Wildman–Crippen LogP) is 4.23. The molecule has 1 aromatic rings. The van der Waals surface area contributed by atoms with Crippen LogP contribution in [0, 0.1) is 17.8 Å². The topological polar surface area (TPSA) is 18.5 Å². The Labute approximate surface area is 162 Å². The van der Waals surface area contributed by atoms with E-state index in [9.17, 15) is 0 Å². The molecule has 0 radical (unpaired) electrons. The molecule has 0 heterocycles. The van der Waals surface area contributed by atoms with Crippen molar-refractivity contribution in [2.75, 3.05) is 13.9 Å². The SMILES string of the molecule is [Li][c]1cc(C(C)(C)C)cc(C23CC4CC(CC(C4)C2)C3)c1OCOC. The van der Waals surface area contributed by atoms with Crippen LogP contribution in [0.25, 0.3) is 0 Å². The first-order valence-electron chi connectivity index (χ1n) is 10.1. The van der Waals surface area contributed by atoms with Crippen molar-refractivity contribution in [3.8, 4) is 5.75 Å². The zero-order valence-corrected chi connectivity index (χ0v) is 16.7. The molecule has 1 aromatic carbocycles. The Morgan fingerprint density at radius 1 is 1.04 bits per heavy atom. The van der Waals surface area contributed by atoms with Crippen molar-refractivity contribution in [1.29, 1.82) is 0 Å². The summed E-state index contributed by atoms with van der Waals surface area (Å²) in [4.78, 5) is 0. The summed E-state index contributed by atoms with van der Waals surface area (Å²) in [5, 5.41) is 0. The van der Waals surface area contributed by atoms with Gasteiger partial charge in [0.2, 0.25) is 0 Å². The first-order valence-corrected chi connectivity index (χ1v) is 10.1. The fraction of sp³-hybridized carbons (Fsp3) is 0.727. The van der Waals surface area contributed by atoms with Gasteiger partial charge >= 0.3 is 162 Å². The Morgan fingerprint density at radius 2 is 1.60 bits per heavy atom. The molecule has 0 spiro atoms. The molecule has 25 heavy (non-hydrogen) atoms. The molecule has 2 nitrogen and oxygen atoms in total. The standard InChI is InChI=1S/C22H31O2.Li/c1-21(2,3)18-5-6-20(24-14-23-4)19(10-18)22-11-15-7-16(12-22)9-17(8-15)13-22;/h5,10,15-17H,7-9,11-14H2,1-4H3;. The summed E-state index contributed by atoms with van der Waals surface area (Å²) in [6.45, 7) is 7.30. The number of hydrogen-bond donors (Lipinski definition) is 0. The van der Waals surface area contributed by atoms with E-state index in [1.807, 2.05) is 0 Å². The molecule has 132 valence electrons. The first-order chi connectivity index (χ1) is 11.8. The van der Waals surface area contributed by atoms with Crippen molar-refractivity contribution in [3.05, 3.63) is 23.3 Å². The zero-order chi connectivity index (χ0) is 17.8. The molecule has 0 saturated heterocycles. The molecular formula is C22H31LiO2. The summed E-state index contributed by atoms with van der Waals surface area (Å²) in [6.07, 6.45) is 8.54. The minimum atomic E-state index is 0.168. The molecule has 0 aromatic heterocycles. The number of rotatable bonds is 4. The van der Waals surface area contributed by atoms with Crippen LogP contribution >= 0.6 is 0 Å². The van der Waals surface area contributed by atoms with Crippen LogP contribution in [0.5, 0.6) is 5.75 Å². The second-order valence-electron chi connectivity index (χ2n) is 10.2. The Kier molecular flexibility index (Phi) is 4.55. The first kappa shape index (κ1) is 18.0. The molecule has 4 aliphatic rings. The van der Waals surface area contributed by atoms with Gasteiger partial charge in [-0.15, -0.1) is 0 Å². The molecule has 5 rings (SSSR count). The number of benzene rings is 1. The molecule has 4 bridgehead atoms. The summed E-state index contributed by atoms with van der Waals surface area (Å²) in [7, 11) is 1.71. The van der Waals surface area contributed by atoms with Crippen LogP contribution in [0.2, 0.25) is 0 Å². The Hall–Kier alpha value is -0.423. The minimum absolute atomic E-state index is 0.168. The van der Waals surface area contributed by atoms with Crippen LogP contribution in [-0.2, 0) is 15.6 Å². The fourth-order valence-electron chi connectivity index (χ4n) is 6.35. The summed E-state index contributed by atoms with van der Waals surface area (Å²) in [5.74, 6) is 3.94. The fourth-order valence-corrected chi connectivity index (χ4v) is 6.35. The van der Waals surface area contributed by atoms with E-state index in [4.69, 9.17) is 9.47 Å². The van der Waals surface area contributed by atoms with E-state index in [0.29, 0.717) is 12.2 Å². The Bertz CT molecular complexity index is 623. The maximum absolute atomic E-state index is 6.15. The van der Waals surface area contributed by atoms with Crippen molar-refractivity contribution >= 4 is 22.0 Å². The average Bonchev–Trinajstić information content (AvgIpc) is 2.51. The van der Waals surface area contributed by atoms with Gasteiger partial charge in [0, 0.05) is 0 Å². The molecule has 0 N–H and O–H groups in total. The van der Waals surface area contributed by atoms with E-state index in [2.05, 4.69) is 50.6 Å². The van der Waals surface area contributed by atoms with E-state index in [1.54, 1.807) is 7.11 Å². The van der Waals surface area contributed by atoms with Crippen molar-refractivity contribution in [2.24, 2.45) is 17.8 Å². The van der Waals surface area contributed by atoms with E-state index < -0.39 is 0 Å². The van der Waals surface area contributed by atoms with Gasteiger partial charge in [-0.05, 0) is 0 Å². The number of hydrogen-bond acceptors (Lipinski definition) is 2. The van der Waals surface area contributed by atoms with Gasteiger partial charge in [-0.1, -0.05) is 0 Å². The van der Waals surface area contributed by atoms with Crippen LogP contribution in [0.4, 0.5) is 0 Å². The van der Waals surface area contributed by atoms with Gasteiger partial charge in [0.25, 0.3) is 0 Å². The van der Waals surface area contributed by atoms with Crippen LogP contribution in [0.3, 0.4) is 0 Å². The molecule has 4 fully saturated rings. The van der Waals surface area contributed by atoms with Crippen LogP contribution in [0.15, 0.2) is 12.1 Å². The quantitative estimate of drug-likeness (QED) is 0.606. The second kappa shape index (κ2) is 6.33. The molecule has 0 atom stereocenters. The third-order valence-corrected chi connectivity index (χ3v) is 7.07. The van der Waals surface area contributed by atoms with Gasteiger partial charge in [0.1, 0.15) is 0 Å². The molecule has 4 aliphatic carbocycles. The third-order valence-electron chi connectivity index (χ3n) is 7.07. The van der Waals surface area contributed by atoms with Crippen molar-refractivity contribution in [2.45, 2.75) is 70.1 Å². The van der Waals surface area contributed by atoms with E-state index in [0.717, 1.165) is 23.5 Å². The van der Waals surface area contributed by atoms with Crippen LogP contribution in [0.1, 0.15) is 70.4 Å². The van der Waals surface area contributed by atoms with Crippen molar-refractivity contribution in [1.82, 2.24) is 0 Å². The monoisotopic (exact) mass is 334 g/mol. The van der Waals surface area contributed by atoms with Gasteiger partial charge in [0.15, 0.2) is 0 Å². The van der Waals surface area contributed by atoms with Gasteiger partial charge in [-0.25, -0.2) is 0 Å². The van der Waals surface area contributed by atoms with E-state index in [1.165, 1.54) is 53.9 Å². The number of ether oxygens (including phenoxy) is 2. The molecule has 0 aliphatic heterocycles. The normalized spacial score (nSPS) is 33.8. The molecule has 4 saturated carbocycles. The van der Waals surface area contributed by atoms with Gasteiger partial charge in [0.05, 0.1) is 0 Å². The van der Waals surface area contributed by atoms with Crippen LogP contribution < -0.4 is 8.97 Å². The van der Waals surface area contributed by atoms with Crippen LogP contribution in [-0.4, -0.2) is 31.6 Å². The molecule has 0 amide bonds.